The summed E-state index contributed by atoms with van der Waals surface area (Å²) in [5.41, 5.74) is 1.05. The molecule has 0 bridgehead atoms. The molecular weight excluding hydrogens is 262 g/mol. The Labute approximate surface area is 118 Å². The second kappa shape index (κ2) is 7.19. The van der Waals surface area contributed by atoms with Gasteiger partial charge >= 0.3 is 0 Å². The van der Waals surface area contributed by atoms with Crippen LogP contribution in [0.1, 0.15) is 23.9 Å². The number of thiazole rings is 1. The van der Waals surface area contributed by atoms with Gasteiger partial charge in [0.1, 0.15) is 0 Å². The number of aromatic nitrogens is 1. The fourth-order valence-electron chi connectivity index (χ4n) is 2.29. The van der Waals surface area contributed by atoms with Gasteiger partial charge in [0.15, 0.2) is 5.13 Å². The van der Waals surface area contributed by atoms with E-state index >= 15 is 0 Å². The van der Waals surface area contributed by atoms with Crippen molar-refractivity contribution in [3.05, 3.63) is 10.6 Å². The molecule has 108 valence electrons. The molecule has 0 amide bonds. The first-order valence-electron chi connectivity index (χ1n) is 6.76. The van der Waals surface area contributed by atoms with Crippen LogP contribution in [0.2, 0.25) is 0 Å². The maximum absolute atomic E-state index is 5.55. The van der Waals surface area contributed by atoms with Gasteiger partial charge in [-0.15, -0.1) is 11.3 Å². The molecule has 1 atom stereocenters. The van der Waals surface area contributed by atoms with Crippen molar-refractivity contribution in [3.63, 3.8) is 0 Å². The van der Waals surface area contributed by atoms with Gasteiger partial charge in [-0.05, 0) is 13.5 Å². The Morgan fingerprint density at radius 2 is 2.42 bits per heavy atom. The first-order chi connectivity index (χ1) is 9.30. The molecule has 1 aromatic rings. The van der Waals surface area contributed by atoms with E-state index < -0.39 is 0 Å². The van der Waals surface area contributed by atoms with Crippen LogP contribution in [0.15, 0.2) is 0 Å². The van der Waals surface area contributed by atoms with Gasteiger partial charge in [-0.2, -0.15) is 0 Å². The standard InChI is InChI=1S/C13H23N3O2S/c1-4-10-8-18-6-5-16(10)13-15-11(9-17-3)12(19-13)7-14-2/h10,14H,4-9H2,1-3H3. The lowest BCUT2D eigenvalue weighted by Gasteiger charge is -2.34. The van der Waals surface area contributed by atoms with Crippen molar-refractivity contribution < 1.29 is 9.47 Å². The first-order valence-corrected chi connectivity index (χ1v) is 7.58. The van der Waals surface area contributed by atoms with Crippen molar-refractivity contribution in [2.24, 2.45) is 0 Å². The highest BCUT2D eigenvalue weighted by molar-refractivity contribution is 7.15. The van der Waals surface area contributed by atoms with Gasteiger partial charge in [-0.25, -0.2) is 4.98 Å². The van der Waals surface area contributed by atoms with E-state index in [9.17, 15) is 0 Å². The number of ether oxygens (including phenoxy) is 2. The van der Waals surface area contributed by atoms with E-state index in [1.165, 1.54) is 4.88 Å². The number of hydrogen-bond acceptors (Lipinski definition) is 6. The molecule has 0 spiro atoms. The summed E-state index contributed by atoms with van der Waals surface area (Å²) in [7, 11) is 3.67. The van der Waals surface area contributed by atoms with E-state index in [0.29, 0.717) is 12.6 Å². The molecule has 0 aromatic carbocycles. The monoisotopic (exact) mass is 285 g/mol. The molecule has 6 heteroatoms. The second-order valence-corrected chi connectivity index (χ2v) is 5.72. The van der Waals surface area contributed by atoms with Crippen LogP contribution in [0.5, 0.6) is 0 Å². The van der Waals surface area contributed by atoms with Gasteiger partial charge in [0.2, 0.25) is 0 Å². The average molecular weight is 285 g/mol. The number of anilines is 1. The summed E-state index contributed by atoms with van der Waals surface area (Å²) >= 11 is 1.77. The van der Waals surface area contributed by atoms with Gasteiger partial charge in [0.25, 0.3) is 0 Å². The molecule has 2 rings (SSSR count). The van der Waals surface area contributed by atoms with Crippen molar-refractivity contribution in [3.8, 4) is 0 Å². The molecule has 0 aliphatic carbocycles. The van der Waals surface area contributed by atoms with Crippen LogP contribution in [0.3, 0.4) is 0 Å². The smallest absolute Gasteiger partial charge is 0.186 e. The fourth-order valence-corrected chi connectivity index (χ4v) is 3.46. The Morgan fingerprint density at radius 1 is 1.58 bits per heavy atom. The molecule has 0 saturated carbocycles. The Hall–Kier alpha value is -0.690. The Bertz CT molecular complexity index is 374. The van der Waals surface area contributed by atoms with E-state index in [-0.39, 0.29) is 0 Å². The summed E-state index contributed by atoms with van der Waals surface area (Å²) in [6.45, 7) is 6.14. The van der Waals surface area contributed by atoms with Crippen molar-refractivity contribution in [1.29, 1.82) is 0 Å². The van der Waals surface area contributed by atoms with Gasteiger partial charge in [0.05, 0.1) is 31.6 Å². The third kappa shape index (κ3) is 3.45. The number of rotatable bonds is 6. The van der Waals surface area contributed by atoms with Crippen LogP contribution in [-0.4, -0.2) is 44.9 Å². The number of hydrogen-bond donors (Lipinski definition) is 1. The summed E-state index contributed by atoms with van der Waals surface area (Å²) in [5.74, 6) is 0. The number of nitrogens with zero attached hydrogens (tertiary/aromatic N) is 2. The predicted octanol–water partition coefficient (Wildman–Crippen LogP) is 1.62. The second-order valence-electron chi connectivity index (χ2n) is 4.66. The lowest BCUT2D eigenvalue weighted by Crippen LogP contribution is -2.45. The summed E-state index contributed by atoms with van der Waals surface area (Å²) in [6.07, 6.45) is 1.08. The normalized spacial score (nSPS) is 19.9. The van der Waals surface area contributed by atoms with Crippen molar-refractivity contribution >= 4 is 16.5 Å². The molecule has 0 radical (unpaired) electrons. The predicted molar refractivity (Wildman–Crippen MR) is 77.8 cm³/mol. The Kier molecular flexibility index (Phi) is 5.57. The van der Waals surface area contributed by atoms with Crippen LogP contribution < -0.4 is 10.2 Å². The number of morpholine rings is 1. The van der Waals surface area contributed by atoms with Gasteiger partial charge < -0.3 is 19.7 Å². The molecule has 1 saturated heterocycles. The molecule has 1 fully saturated rings. The Balaban J connectivity index is 2.20. The summed E-state index contributed by atoms with van der Waals surface area (Å²) < 4.78 is 10.8. The summed E-state index contributed by atoms with van der Waals surface area (Å²) in [5, 5.41) is 4.30. The highest BCUT2D eigenvalue weighted by atomic mass is 32.1. The molecule has 1 N–H and O–H groups in total. The minimum atomic E-state index is 0.442. The maximum Gasteiger partial charge on any atom is 0.186 e. The van der Waals surface area contributed by atoms with Crippen LogP contribution in [-0.2, 0) is 22.6 Å². The largest absolute Gasteiger partial charge is 0.378 e. The zero-order valence-corrected chi connectivity index (χ0v) is 12.8. The fraction of sp³-hybridized carbons (Fsp3) is 0.769. The SMILES string of the molecule is CCC1COCCN1c1nc(COC)c(CNC)s1. The summed E-state index contributed by atoms with van der Waals surface area (Å²) in [6, 6.07) is 0.442. The first kappa shape index (κ1) is 14.7. The number of nitrogens with one attached hydrogen (secondary N) is 1. The van der Waals surface area contributed by atoms with Gasteiger partial charge in [-0.3, -0.25) is 0 Å². The summed E-state index contributed by atoms with van der Waals surface area (Å²) in [4.78, 5) is 8.41. The van der Waals surface area contributed by atoms with Gasteiger partial charge in [-0.1, -0.05) is 6.92 Å². The van der Waals surface area contributed by atoms with Crippen LogP contribution in [0.4, 0.5) is 5.13 Å². The Morgan fingerprint density at radius 3 is 3.11 bits per heavy atom. The van der Waals surface area contributed by atoms with Crippen LogP contribution in [0, 0.1) is 0 Å². The molecule has 19 heavy (non-hydrogen) atoms. The zero-order valence-electron chi connectivity index (χ0n) is 11.9. The van der Waals surface area contributed by atoms with Gasteiger partial charge in [0, 0.05) is 25.1 Å². The highest BCUT2D eigenvalue weighted by Gasteiger charge is 2.25. The third-order valence-electron chi connectivity index (χ3n) is 3.33. The molecule has 1 unspecified atom stereocenters. The van der Waals surface area contributed by atoms with E-state index in [1.807, 2.05) is 7.05 Å². The van der Waals surface area contributed by atoms with Crippen molar-refractivity contribution in [1.82, 2.24) is 10.3 Å². The molecule has 1 aromatic heterocycles. The third-order valence-corrected chi connectivity index (χ3v) is 4.46. The van der Waals surface area contributed by atoms with Crippen molar-refractivity contribution in [2.45, 2.75) is 32.5 Å². The van der Waals surface area contributed by atoms with Crippen LogP contribution >= 0.6 is 11.3 Å². The van der Waals surface area contributed by atoms with E-state index in [4.69, 9.17) is 14.5 Å². The zero-order chi connectivity index (χ0) is 13.7. The number of methoxy groups -OCH3 is 1. The molecule has 1 aliphatic heterocycles. The quantitative estimate of drug-likeness (QED) is 0.860. The van der Waals surface area contributed by atoms with Crippen molar-refractivity contribution in [2.75, 3.05) is 38.8 Å². The molecule has 1 aliphatic rings. The van der Waals surface area contributed by atoms with Crippen LogP contribution in [0.25, 0.3) is 0 Å². The maximum atomic E-state index is 5.55. The van der Waals surface area contributed by atoms with E-state index in [2.05, 4.69) is 17.1 Å². The highest BCUT2D eigenvalue weighted by Crippen LogP contribution is 2.30. The topological polar surface area (TPSA) is 46.6 Å². The minimum Gasteiger partial charge on any atom is -0.378 e. The van der Waals surface area contributed by atoms with E-state index in [0.717, 1.165) is 43.5 Å². The lowest BCUT2D eigenvalue weighted by molar-refractivity contribution is 0.0929. The lowest BCUT2D eigenvalue weighted by atomic mass is 10.2. The minimum absolute atomic E-state index is 0.442. The van der Waals surface area contributed by atoms with E-state index in [1.54, 1.807) is 18.4 Å². The average Bonchev–Trinajstić information content (AvgIpc) is 2.83. The molecule has 5 nitrogen and oxygen atoms in total. The molecular formula is C13H23N3O2S. The molecule has 2 heterocycles.